The molecule has 2 aromatic carbocycles. The van der Waals surface area contributed by atoms with Crippen molar-refractivity contribution in [3.8, 4) is 16.9 Å². The van der Waals surface area contributed by atoms with Crippen molar-refractivity contribution in [2.75, 3.05) is 5.32 Å². The van der Waals surface area contributed by atoms with Crippen LogP contribution in [-0.4, -0.2) is 29.0 Å². The molecule has 0 saturated heterocycles. The predicted octanol–water partition coefficient (Wildman–Crippen LogP) is 0.0482. The van der Waals surface area contributed by atoms with Gasteiger partial charge in [-0.15, -0.1) is 0 Å². The number of fused-ring (bicyclic) bond motifs is 5. The van der Waals surface area contributed by atoms with Gasteiger partial charge in [-0.2, -0.15) is 0 Å². The molecular weight excluding hydrogens is 577 g/mol. The first-order valence-electron chi connectivity index (χ1n) is 11.7. The second-order valence-corrected chi connectivity index (χ2v) is 32.8. The van der Waals surface area contributed by atoms with Crippen molar-refractivity contribution >= 4 is 39.6 Å². The SMILES string of the molecule is CC[Si](C)(C)[Si]1(C)c2c(NC(C)(C)C)c(O[Si](C)(C)C)c3c(c21)[CH]([Zr+2])c1ccccc1-3.[Cl-].[Cl-]. The summed E-state index contributed by atoms with van der Waals surface area (Å²) in [7, 11) is -4.80. The van der Waals surface area contributed by atoms with Crippen LogP contribution in [0.2, 0.25) is 45.3 Å². The molecule has 0 radical (unpaired) electrons. The second kappa shape index (κ2) is 9.23. The van der Waals surface area contributed by atoms with E-state index in [9.17, 15) is 0 Å². The summed E-state index contributed by atoms with van der Waals surface area (Å²) in [6, 6.07) is 10.5. The Hall–Kier alpha value is 0.154. The molecule has 0 amide bonds. The van der Waals surface area contributed by atoms with Gasteiger partial charge in [-0.3, -0.25) is 0 Å². The van der Waals surface area contributed by atoms with Gasteiger partial charge in [0, 0.05) is 0 Å². The van der Waals surface area contributed by atoms with Crippen LogP contribution in [-0.2, 0) is 24.7 Å². The Labute approximate surface area is 231 Å². The number of anilines is 1. The number of benzene rings is 2. The van der Waals surface area contributed by atoms with Crippen LogP contribution in [0.4, 0.5) is 5.69 Å². The normalized spacial score (nSPS) is 20.7. The fourth-order valence-electron chi connectivity index (χ4n) is 5.26. The van der Waals surface area contributed by atoms with E-state index in [4.69, 9.17) is 4.43 Å². The third-order valence-corrected chi connectivity index (χ3v) is 27.6. The monoisotopic (exact) mass is 612 g/mol. The number of halogens is 2. The molecule has 0 spiro atoms. The van der Waals surface area contributed by atoms with E-state index in [0.29, 0.717) is 3.63 Å². The van der Waals surface area contributed by atoms with E-state index in [1.807, 2.05) is 0 Å². The van der Waals surface area contributed by atoms with Gasteiger partial charge in [0.15, 0.2) is 0 Å². The Morgan fingerprint density at radius 3 is 2.12 bits per heavy atom. The summed E-state index contributed by atoms with van der Waals surface area (Å²) in [5.74, 6) is 1.18. The zero-order valence-corrected chi connectivity index (χ0v) is 28.7. The van der Waals surface area contributed by atoms with E-state index < -0.39 is 23.5 Å². The van der Waals surface area contributed by atoms with Crippen LogP contribution in [0.5, 0.6) is 5.75 Å². The van der Waals surface area contributed by atoms with Gasteiger partial charge in [0.05, 0.1) is 0 Å². The molecule has 2 atom stereocenters. The first-order chi connectivity index (χ1) is 14.1. The van der Waals surface area contributed by atoms with E-state index >= 15 is 0 Å². The van der Waals surface area contributed by atoms with Crippen LogP contribution in [0.25, 0.3) is 11.1 Å². The Bertz CT molecular complexity index is 1080. The maximum absolute atomic E-state index is 7.00. The molecule has 8 heteroatoms. The maximum Gasteiger partial charge on any atom is -1.00 e. The second-order valence-electron chi connectivity index (χ2n) is 12.2. The summed E-state index contributed by atoms with van der Waals surface area (Å²) in [6.45, 7) is 24.2. The third kappa shape index (κ3) is 4.67. The molecule has 4 rings (SSSR count). The summed E-state index contributed by atoms with van der Waals surface area (Å²) in [5, 5.41) is 7.50. The summed E-state index contributed by atoms with van der Waals surface area (Å²) in [4.78, 5) is 0. The predicted molar refractivity (Wildman–Crippen MR) is 140 cm³/mol. The molecule has 2 aromatic rings. The quantitative estimate of drug-likeness (QED) is 0.481. The molecule has 1 N–H and O–H groups in total. The fraction of sp³-hybridized carbons (Fsp3) is 0.520. The van der Waals surface area contributed by atoms with E-state index in [1.165, 1.54) is 34.2 Å². The van der Waals surface area contributed by atoms with E-state index in [2.05, 4.69) is 96.6 Å². The zero-order chi connectivity index (χ0) is 23.1. The molecule has 0 saturated carbocycles. The summed E-state index contributed by atoms with van der Waals surface area (Å²) < 4.78 is 7.56. The van der Waals surface area contributed by atoms with Crippen LogP contribution < -0.4 is 44.9 Å². The zero-order valence-electron chi connectivity index (χ0n) is 21.8. The maximum atomic E-state index is 7.00. The van der Waals surface area contributed by atoms with Crippen molar-refractivity contribution in [1.29, 1.82) is 0 Å². The van der Waals surface area contributed by atoms with Gasteiger partial charge in [0.2, 0.25) is 0 Å². The molecule has 1 aliphatic heterocycles. The van der Waals surface area contributed by atoms with Crippen molar-refractivity contribution < 1.29 is 54.0 Å². The van der Waals surface area contributed by atoms with Gasteiger partial charge < -0.3 is 24.8 Å². The standard InChI is InChI=1S/C25H38NOSi3.2ClH.Zr/c1-11-29(8,9)30(10)23-19-16-17-14-12-13-15-18(17)20(19)22(27-28(5,6)7)21(24(23)30)26-25(2,3)4;;;/h12-16,26H,11H2,1-10H3;2*1H;/q;;;+2/p-2. The molecule has 0 bridgehead atoms. The van der Waals surface area contributed by atoms with E-state index in [1.54, 1.807) is 40.7 Å². The van der Waals surface area contributed by atoms with Crippen molar-refractivity contribution in [3.05, 3.63) is 35.4 Å². The topological polar surface area (TPSA) is 21.3 Å². The number of nitrogens with one attached hydrogen (secondary N) is 1. The minimum Gasteiger partial charge on any atom is -1.00 e. The van der Waals surface area contributed by atoms with Crippen molar-refractivity contribution in [1.82, 2.24) is 0 Å². The van der Waals surface area contributed by atoms with Gasteiger partial charge in [-0.05, 0) is 0 Å². The minimum atomic E-state index is -1.80. The number of hydrogen-bond donors (Lipinski definition) is 1. The molecule has 33 heavy (non-hydrogen) atoms. The number of rotatable bonds is 5. The smallest absolute Gasteiger partial charge is 1.00 e. The van der Waals surface area contributed by atoms with Crippen LogP contribution in [0.3, 0.4) is 0 Å². The van der Waals surface area contributed by atoms with Crippen LogP contribution in [0.15, 0.2) is 24.3 Å². The third-order valence-electron chi connectivity index (χ3n) is 7.41. The van der Waals surface area contributed by atoms with E-state index in [-0.39, 0.29) is 30.4 Å². The Kier molecular flexibility index (Phi) is 8.22. The summed E-state index contributed by atoms with van der Waals surface area (Å²) in [6.07, 6.45) is 0. The van der Waals surface area contributed by atoms with Crippen LogP contribution >= 0.6 is 0 Å². The van der Waals surface area contributed by atoms with Crippen LogP contribution in [0, 0.1) is 0 Å². The van der Waals surface area contributed by atoms with Crippen molar-refractivity contribution in [2.45, 2.75) is 82.2 Å². The molecular formula is C25H38Cl2NOSi3Zr. The van der Waals surface area contributed by atoms with Crippen LogP contribution in [0.1, 0.15) is 42.4 Å². The largest absolute Gasteiger partial charge is 1.00 e. The van der Waals surface area contributed by atoms with Crippen molar-refractivity contribution in [3.63, 3.8) is 0 Å². The molecule has 179 valence electrons. The molecule has 2 aliphatic rings. The number of hydrogen-bond acceptors (Lipinski definition) is 2. The molecule has 2 unspecified atom stereocenters. The molecule has 0 aromatic heterocycles. The first-order valence-corrected chi connectivity index (χ1v) is 23.2. The van der Waals surface area contributed by atoms with Gasteiger partial charge in [-0.25, -0.2) is 0 Å². The minimum absolute atomic E-state index is 0. The Morgan fingerprint density at radius 2 is 1.61 bits per heavy atom. The first kappa shape index (κ1) is 29.4. The fourth-order valence-corrected chi connectivity index (χ4v) is 20.8. The average Bonchev–Trinajstić information content (AvgIpc) is 3.17. The van der Waals surface area contributed by atoms with E-state index in [0.717, 1.165) is 0 Å². The van der Waals surface area contributed by atoms with Gasteiger partial charge in [0.25, 0.3) is 0 Å². The molecule has 0 fully saturated rings. The van der Waals surface area contributed by atoms with Crippen molar-refractivity contribution in [2.24, 2.45) is 0 Å². The molecule has 2 nitrogen and oxygen atoms in total. The Balaban J connectivity index is 0.00000193. The van der Waals surface area contributed by atoms with Gasteiger partial charge in [0.1, 0.15) is 0 Å². The van der Waals surface area contributed by atoms with Gasteiger partial charge >= 0.3 is 208 Å². The average molecular weight is 615 g/mol. The Morgan fingerprint density at radius 1 is 1.03 bits per heavy atom. The molecule has 1 aliphatic carbocycles. The van der Waals surface area contributed by atoms with Gasteiger partial charge in [-0.1, -0.05) is 0 Å². The summed E-state index contributed by atoms with van der Waals surface area (Å²) in [5.41, 5.74) is 7.39. The molecule has 1 heterocycles. The summed E-state index contributed by atoms with van der Waals surface area (Å²) >= 11 is 1.60.